The van der Waals surface area contributed by atoms with Gasteiger partial charge in [-0.2, -0.15) is 4.98 Å². The van der Waals surface area contributed by atoms with Crippen LogP contribution in [0, 0.1) is 0 Å². The minimum atomic E-state index is -0.308. The molecule has 8 heteroatoms. The first-order valence-electron chi connectivity index (χ1n) is 8.92. The van der Waals surface area contributed by atoms with Crippen molar-refractivity contribution >= 4 is 33.7 Å². The fourth-order valence-electron chi connectivity index (χ4n) is 3.88. The molecule has 1 aliphatic carbocycles. The van der Waals surface area contributed by atoms with E-state index in [9.17, 15) is 9.59 Å². The summed E-state index contributed by atoms with van der Waals surface area (Å²) in [5.74, 6) is 0.308. The number of amides is 2. The fraction of sp³-hybridized carbons (Fsp3) is 0.368. The number of ether oxygens (including phenoxy) is 1. The van der Waals surface area contributed by atoms with Crippen molar-refractivity contribution in [2.45, 2.75) is 24.7 Å². The molecule has 1 spiro atoms. The average molecular weight is 429 g/mol. The van der Waals surface area contributed by atoms with Crippen LogP contribution in [0.2, 0.25) is 0 Å². The molecule has 2 aromatic rings. The minimum absolute atomic E-state index is 0.00872. The van der Waals surface area contributed by atoms with E-state index in [0.29, 0.717) is 24.6 Å². The summed E-state index contributed by atoms with van der Waals surface area (Å²) in [6, 6.07) is 5.75. The summed E-state index contributed by atoms with van der Waals surface area (Å²) < 4.78 is 6.38. The standard InChI is InChI=1S/C19H17BrN4O3/c20-12-1-2-13-14(7-12)19(4-5-19)10-24(17(13)26)9-15(25)22-18-21-8-11-3-6-27-16(11)23-18/h1-2,7-8H,3-6,9-10H2,(H,21,22,23,25). The molecule has 1 aromatic heterocycles. The molecule has 1 aromatic carbocycles. The monoisotopic (exact) mass is 428 g/mol. The number of aromatic nitrogens is 2. The van der Waals surface area contributed by atoms with Crippen molar-refractivity contribution in [1.82, 2.24) is 14.9 Å². The highest BCUT2D eigenvalue weighted by Gasteiger charge is 2.51. The Labute approximate surface area is 164 Å². The molecule has 7 nitrogen and oxygen atoms in total. The third kappa shape index (κ3) is 2.88. The van der Waals surface area contributed by atoms with Crippen LogP contribution in [0.4, 0.5) is 5.95 Å². The van der Waals surface area contributed by atoms with Gasteiger partial charge in [-0.15, -0.1) is 0 Å². The summed E-state index contributed by atoms with van der Waals surface area (Å²) in [6.45, 7) is 1.13. The van der Waals surface area contributed by atoms with Crippen molar-refractivity contribution in [1.29, 1.82) is 0 Å². The number of halogens is 1. The number of hydrogen-bond acceptors (Lipinski definition) is 5. The van der Waals surface area contributed by atoms with E-state index in [0.717, 1.165) is 34.9 Å². The van der Waals surface area contributed by atoms with Gasteiger partial charge in [0.15, 0.2) is 0 Å². The Balaban J connectivity index is 1.33. The molecule has 138 valence electrons. The van der Waals surface area contributed by atoms with Crippen molar-refractivity contribution < 1.29 is 14.3 Å². The predicted molar refractivity (Wildman–Crippen MR) is 101 cm³/mol. The lowest BCUT2D eigenvalue weighted by Gasteiger charge is -2.34. The first kappa shape index (κ1) is 16.7. The zero-order chi connectivity index (χ0) is 18.6. The smallest absolute Gasteiger partial charge is 0.254 e. The van der Waals surface area contributed by atoms with Crippen LogP contribution in [-0.2, 0) is 16.6 Å². The van der Waals surface area contributed by atoms with Gasteiger partial charge in [-0.05, 0) is 36.6 Å². The molecule has 0 bridgehead atoms. The molecule has 27 heavy (non-hydrogen) atoms. The molecular formula is C19H17BrN4O3. The summed E-state index contributed by atoms with van der Waals surface area (Å²) >= 11 is 3.49. The third-order valence-electron chi connectivity index (χ3n) is 5.44. The van der Waals surface area contributed by atoms with Crippen LogP contribution < -0.4 is 10.1 Å². The molecule has 3 aliphatic rings. The van der Waals surface area contributed by atoms with E-state index in [4.69, 9.17) is 4.74 Å². The predicted octanol–water partition coefficient (Wildman–Crippen LogP) is 2.30. The maximum Gasteiger partial charge on any atom is 0.254 e. The molecular weight excluding hydrogens is 412 g/mol. The molecule has 2 amide bonds. The molecule has 3 heterocycles. The van der Waals surface area contributed by atoms with E-state index in [-0.39, 0.29) is 29.7 Å². The van der Waals surface area contributed by atoms with Gasteiger partial charge in [-0.1, -0.05) is 15.9 Å². The van der Waals surface area contributed by atoms with Crippen LogP contribution >= 0.6 is 15.9 Å². The largest absolute Gasteiger partial charge is 0.477 e. The van der Waals surface area contributed by atoms with Crippen LogP contribution in [0.15, 0.2) is 28.9 Å². The molecule has 0 radical (unpaired) electrons. The van der Waals surface area contributed by atoms with Crippen molar-refractivity contribution in [3.05, 3.63) is 45.6 Å². The Hall–Kier alpha value is -2.48. The van der Waals surface area contributed by atoms with E-state index >= 15 is 0 Å². The van der Waals surface area contributed by atoms with E-state index < -0.39 is 0 Å². The highest BCUT2D eigenvalue weighted by atomic mass is 79.9. The number of fused-ring (bicyclic) bond motifs is 3. The Bertz CT molecular complexity index is 973. The highest BCUT2D eigenvalue weighted by molar-refractivity contribution is 9.10. The summed E-state index contributed by atoms with van der Waals surface area (Å²) in [4.78, 5) is 35.4. The molecule has 1 fully saturated rings. The van der Waals surface area contributed by atoms with Crippen LogP contribution in [0.5, 0.6) is 5.88 Å². The Morgan fingerprint density at radius 2 is 2.22 bits per heavy atom. The molecule has 0 saturated heterocycles. The van der Waals surface area contributed by atoms with Gasteiger partial charge >= 0.3 is 0 Å². The molecule has 1 N–H and O–H groups in total. The average Bonchev–Trinajstić information content (AvgIpc) is 3.26. The minimum Gasteiger partial charge on any atom is -0.477 e. The quantitative estimate of drug-likeness (QED) is 0.810. The van der Waals surface area contributed by atoms with Gasteiger partial charge in [0, 0.05) is 40.2 Å². The van der Waals surface area contributed by atoms with Crippen LogP contribution in [0.3, 0.4) is 0 Å². The second-order valence-corrected chi connectivity index (χ2v) is 8.22. The molecule has 5 rings (SSSR count). The van der Waals surface area contributed by atoms with Gasteiger partial charge in [0.25, 0.3) is 5.91 Å². The van der Waals surface area contributed by atoms with E-state index in [1.807, 2.05) is 18.2 Å². The maximum atomic E-state index is 12.9. The van der Waals surface area contributed by atoms with Gasteiger partial charge < -0.3 is 9.64 Å². The molecule has 0 unspecified atom stereocenters. The summed E-state index contributed by atoms with van der Waals surface area (Å²) in [7, 11) is 0. The van der Waals surface area contributed by atoms with Gasteiger partial charge in [0.05, 0.1) is 6.61 Å². The van der Waals surface area contributed by atoms with Crippen LogP contribution in [0.25, 0.3) is 0 Å². The van der Waals surface area contributed by atoms with Gasteiger partial charge in [-0.3, -0.25) is 14.9 Å². The number of rotatable bonds is 3. The lowest BCUT2D eigenvalue weighted by molar-refractivity contribution is -0.117. The second-order valence-electron chi connectivity index (χ2n) is 7.30. The number of anilines is 1. The Morgan fingerprint density at radius 3 is 3.04 bits per heavy atom. The molecule has 2 aliphatic heterocycles. The zero-order valence-corrected chi connectivity index (χ0v) is 16.1. The summed E-state index contributed by atoms with van der Waals surface area (Å²) in [5.41, 5.74) is 2.72. The normalized spacial score (nSPS) is 18.7. The first-order valence-corrected chi connectivity index (χ1v) is 9.71. The molecule has 0 atom stereocenters. The third-order valence-corrected chi connectivity index (χ3v) is 5.93. The number of hydrogen-bond donors (Lipinski definition) is 1. The van der Waals surface area contributed by atoms with E-state index in [1.54, 1.807) is 11.1 Å². The lowest BCUT2D eigenvalue weighted by Crippen LogP contribution is -2.46. The van der Waals surface area contributed by atoms with E-state index in [2.05, 4.69) is 31.2 Å². The highest BCUT2D eigenvalue weighted by Crippen LogP contribution is 2.52. The lowest BCUT2D eigenvalue weighted by atomic mass is 9.86. The maximum absolute atomic E-state index is 12.9. The Morgan fingerprint density at radius 1 is 1.37 bits per heavy atom. The second kappa shape index (κ2) is 6.02. The summed E-state index contributed by atoms with van der Waals surface area (Å²) in [6.07, 6.45) is 4.52. The molecule has 1 saturated carbocycles. The zero-order valence-electron chi connectivity index (χ0n) is 14.5. The number of nitrogens with one attached hydrogen (secondary N) is 1. The number of benzene rings is 1. The number of nitrogens with zero attached hydrogens (tertiary/aromatic N) is 3. The first-order chi connectivity index (χ1) is 13.0. The van der Waals surface area contributed by atoms with Gasteiger partial charge in [0.1, 0.15) is 6.54 Å². The number of carbonyl (C=O) groups excluding carboxylic acids is 2. The Kier molecular flexibility index (Phi) is 3.72. The SMILES string of the molecule is O=C(CN1CC2(CC2)c2cc(Br)ccc2C1=O)Nc1ncc2c(n1)OCC2. The van der Waals surface area contributed by atoms with Crippen molar-refractivity contribution in [3.8, 4) is 5.88 Å². The number of carbonyl (C=O) groups is 2. The fourth-order valence-corrected chi connectivity index (χ4v) is 4.24. The van der Waals surface area contributed by atoms with Crippen LogP contribution in [-0.4, -0.2) is 46.4 Å². The van der Waals surface area contributed by atoms with Crippen LogP contribution in [0.1, 0.15) is 34.3 Å². The van der Waals surface area contributed by atoms with Crippen molar-refractivity contribution in [2.75, 3.05) is 25.0 Å². The van der Waals surface area contributed by atoms with E-state index in [1.165, 1.54) is 0 Å². The van der Waals surface area contributed by atoms with Crippen molar-refractivity contribution in [3.63, 3.8) is 0 Å². The van der Waals surface area contributed by atoms with Crippen molar-refractivity contribution in [2.24, 2.45) is 0 Å². The van der Waals surface area contributed by atoms with Gasteiger partial charge in [-0.25, -0.2) is 4.98 Å². The van der Waals surface area contributed by atoms with Gasteiger partial charge in [0.2, 0.25) is 17.7 Å². The topological polar surface area (TPSA) is 84.4 Å². The summed E-state index contributed by atoms with van der Waals surface area (Å²) in [5, 5.41) is 2.68.